The number of rotatable bonds is 6. The van der Waals surface area contributed by atoms with Gasteiger partial charge < -0.3 is 14.8 Å². The van der Waals surface area contributed by atoms with Crippen LogP contribution in [0, 0.1) is 17.8 Å². The second-order valence-corrected chi connectivity index (χ2v) is 6.89. The van der Waals surface area contributed by atoms with E-state index in [9.17, 15) is 14.4 Å². The maximum atomic E-state index is 12.0. The summed E-state index contributed by atoms with van der Waals surface area (Å²) in [4.78, 5) is 35.7. The maximum Gasteiger partial charge on any atom is 0.339 e. The molecule has 0 saturated heterocycles. The van der Waals surface area contributed by atoms with Crippen LogP contribution < -0.4 is 5.32 Å². The third-order valence-electron chi connectivity index (χ3n) is 5.28. The molecule has 2 saturated carbocycles. The zero-order valence-electron chi connectivity index (χ0n) is 14.3. The fourth-order valence-corrected chi connectivity index (χ4v) is 4.11. The van der Waals surface area contributed by atoms with Gasteiger partial charge >= 0.3 is 11.9 Å². The first-order chi connectivity index (χ1) is 12.1. The van der Waals surface area contributed by atoms with Crippen LogP contribution in [-0.2, 0) is 19.1 Å². The van der Waals surface area contributed by atoms with Gasteiger partial charge in [0.05, 0.1) is 18.4 Å². The van der Waals surface area contributed by atoms with Crippen LogP contribution >= 0.6 is 0 Å². The Morgan fingerprint density at radius 3 is 2.64 bits per heavy atom. The summed E-state index contributed by atoms with van der Waals surface area (Å²) in [6.07, 6.45) is 5.25. The molecule has 0 aliphatic heterocycles. The van der Waals surface area contributed by atoms with Crippen LogP contribution in [0.3, 0.4) is 0 Å². The van der Waals surface area contributed by atoms with E-state index < -0.39 is 11.9 Å². The average Bonchev–Trinajstić information content (AvgIpc) is 3.23. The lowest BCUT2D eigenvalue weighted by Gasteiger charge is -2.20. The van der Waals surface area contributed by atoms with Crippen molar-refractivity contribution >= 4 is 23.5 Å². The first-order valence-corrected chi connectivity index (χ1v) is 8.69. The molecule has 0 unspecified atom stereocenters. The summed E-state index contributed by atoms with van der Waals surface area (Å²) in [5.41, 5.74) is 0.593. The van der Waals surface area contributed by atoms with Gasteiger partial charge in [0.2, 0.25) is 0 Å². The number of amides is 1. The summed E-state index contributed by atoms with van der Waals surface area (Å²) in [5.74, 6) is 0.504. The highest BCUT2D eigenvalue weighted by Crippen LogP contribution is 2.49. The third-order valence-corrected chi connectivity index (χ3v) is 5.28. The summed E-state index contributed by atoms with van der Waals surface area (Å²) >= 11 is 0. The lowest BCUT2D eigenvalue weighted by atomic mass is 9.86. The second-order valence-electron chi connectivity index (χ2n) is 6.89. The monoisotopic (exact) mass is 345 g/mol. The quantitative estimate of drug-likeness (QED) is 0.802. The van der Waals surface area contributed by atoms with Gasteiger partial charge in [-0.3, -0.25) is 9.59 Å². The summed E-state index contributed by atoms with van der Waals surface area (Å²) in [6, 6.07) is 6.53. The minimum Gasteiger partial charge on any atom is -0.465 e. The van der Waals surface area contributed by atoms with Gasteiger partial charge in [-0.1, -0.05) is 18.6 Å². The maximum absolute atomic E-state index is 12.0. The van der Waals surface area contributed by atoms with E-state index in [0.717, 1.165) is 12.3 Å². The summed E-state index contributed by atoms with van der Waals surface area (Å²) in [5, 5.41) is 2.58. The van der Waals surface area contributed by atoms with Crippen LogP contribution in [0.2, 0.25) is 0 Å². The molecule has 0 aromatic heterocycles. The molecule has 2 aliphatic rings. The molecule has 6 nitrogen and oxygen atoms in total. The fourth-order valence-electron chi connectivity index (χ4n) is 4.11. The molecule has 3 atom stereocenters. The Hall–Kier alpha value is -2.37. The van der Waals surface area contributed by atoms with Gasteiger partial charge in [-0.2, -0.15) is 0 Å². The Morgan fingerprint density at radius 1 is 1.16 bits per heavy atom. The van der Waals surface area contributed by atoms with Crippen molar-refractivity contribution in [1.82, 2.24) is 0 Å². The van der Waals surface area contributed by atoms with E-state index >= 15 is 0 Å². The van der Waals surface area contributed by atoms with E-state index in [1.807, 2.05) is 0 Å². The molecule has 2 fully saturated rings. The fraction of sp³-hybridized carbons (Fsp3) is 0.526. The molecule has 0 spiro atoms. The van der Waals surface area contributed by atoms with Crippen molar-refractivity contribution in [3.05, 3.63) is 29.8 Å². The number of methoxy groups -OCH3 is 1. The number of nitrogens with one attached hydrogen (secondary N) is 1. The van der Waals surface area contributed by atoms with Gasteiger partial charge in [-0.15, -0.1) is 0 Å². The number of hydrogen-bond donors (Lipinski definition) is 1. The highest BCUT2D eigenvalue weighted by molar-refractivity contribution is 6.01. The standard InChI is InChI=1S/C19H23NO5/c1-24-19(23)15-4-2-3-5-16(15)20-17(21)11-25-18(22)10-14-9-12-6-7-13(14)8-12/h2-5,12-14H,6-11H2,1H3,(H,20,21)/t12-,13-,14+/m1/s1. The largest absolute Gasteiger partial charge is 0.465 e. The van der Waals surface area contributed by atoms with Crippen LogP contribution in [0.5, 0.6) is 0 Å². The smallest absolute Gasteiger partial charge is 0.339 e. The zero-order chi connectivity index (χ0) is 17.8. The number of anilines is 1. The Bertz CT molecular complexity index is 672. The molecule has 0 heterocycles. The van der Waals surface area contributed by atoms with Gasteiger partial charge in [-0.05, 0) is 49.1 Å². The molecule has 2 bridgehead atoms. The Kier molecular flexibility index (Phi) is 5.36. The van der Waals surface area contributed by atoms with Crippen molar-refractivity contribution in [3.63, 3.8) is 0 Å². The lowest BCUT2D eigenvalue weighted by molar-refractivity contribution is -0.148. The summed E-state index contributed by atoms with van der Waals surface area (Å²) in [6.45, 7) is -0.352. The number of carbonyl (C=O) groups excluding carboxylic acids is 3. The SMILES string of the molecule is COC(=O)c1ccccc1NC(=O)COC(=O)C[C@@H]1C[C@@H]2CC[C@@H]1C2. The predicted molar refractivity (Wildman–Crippen MR) is 90.9 cm³/mol. The Labute approximate surface area is 146 Å². The highest BCUT2D eigenvalue weighted by atomic mass is 16.5. The summed E-state index contributed by atoms with van der Waals surface area (Å²) < 4.78 is 9.78. The van der Waals surface area contributed by atoms with Gasteiger partial charge in [0.15, 0.2) is 6.61 Å². The van der Waals surface area contributed by atoms with Crippen molar-refractivity contribution in [1.29, 1.82) is 0 Å². The van der Waals surface area contributed by atoms with Gasteiger partial charge in [0.25, 0.3) is 5.91 Å². The molecule has 6 heteroatoms. The van der Waals surface area contributed by atoms with E-state index in [-0.39, 0.29) is 18.1 Å². The van der Waals surface area contributed by atoms with Crippen LogP contribution in [0.4, 0.5) is 5.69 Å². The normalized spacial score (nSPS) is 24.0. The van der Waals surface area contributed by atoms with Crippen LogP contribution in [0.1, 0.15) is 42.5 Å². The molecule has 25 heavy (non-hydrogen) atoms. The topological polar surface area (TPSA) is 81.7 Å². The number of fused-ring (bicyclic) bond motifs is 2. The van der Waals surface area contributed by atoms with E-state index in [0.29, 0.717) is 23.9 Å². The predicted octanol–water partition coefficient (Wildman–Crippen LogP) is 2.78. The van der Waals surface area contributed by atoms with Crippen molar-refractivity contribution in [2.75, 3.05) is 19.0 Å². The lowest BCUT2D eigenvalue weighted by Crippen LogP contribution is -2.24. The van der Waals surface area contributed by atoms with E-state index in [4.69, 9.17) is 4.74 Å². The molecule has 1 N–H and O–H groups in total. The van der Waals surface area contributed by atoms with Gasteiger partial charge in [0, 0.05) is 6.42 Å². The van der Waals surface area contributed by atoms with Crippen molar-refractivity contribution in [2.24, 2.45) is 17.8 Å². The molecule has 3 rings (SSSR count). The molecule has 0 radical (unpaired) electrons. The zero-order valence-corrected chi connectivity index (χ0v) is 14.3. The van der Waals surface area contributed by atoms with Crippen LogP contribution in [0.25, 0.3) is 0 Å². The molecular weight excluding hydrogens is 322 g/mol. The molecule has 134 valence electrons. The van der Waals surface area contributed by atoms with E-state index in [1.54, 1.807) is 24.3 Å². The Morgan fingerprint density at radius 2 is 1.96 bits per heavy atom. The second kappa shape index (κ2) is 7.68. The number of esters is 2. The average molecular weight is 345 g/mol. The number of benzene rings is 1. The number of carbonyl (C=O) groups is 3. The van der Waals surface area contributed by atoms with Crippen molar-refractivity contribution < 1.29 is 23.9 Å². The first-order valence-electron chi connectivity index (χ1n) is 8.69. The minimum atomic E-state index is -0.538. The number of para-hydroxylation sites is 1. The van der Waals surface area contributed by atoms with Gasteiger partial charge in [0.1, 0.15) is 0 Å². The van der Waals surface area contributed by atoms with Crippen molar-refractivity contribution in [2.45, 2.75) is 32.1 Å². The molecule has 1 aromatic rings. The molecular formula is C19H23NO5. The van der Waals surface area contributed by atoms with Crippen LogP contribution in [0.15, 0.2) is 24.3 Å². The minimum absolute atomic E-state index is 0.256. The molecule has 1 amide bonds. The molecule has 2 aliphatic carbocycles. The summed E-state index contributed by atoms with van der Waals surface area (Å²) in [7, 11) is 1.28. The van der Waals surface area contributed by atoms with E-state index in [2.05, 4.69) is 10.1 Å². The first kappa shape index (κ1) is 17.5. The van der Waals surface area contributed by atoms with E-state index in [1.165, 1.54) is 26.4 Å². The number of hydrogen-bond acceptors (Lipinski definition) is 5. The third kappa shape index (κ3) is 4.18. The molecule has 1 aromatic carbocycles. The van der Waals surface area contributed by atoms with Crippen molar-refractivity contribution in [3.8, 4) is 0 Å². The Balaban J connectivity index is 1.47. The number of ether oxygens (including phenoxy) is 2. The van der Waals surface area contributed by atoms with Gasteiger partial charge in [-0.25, -0.2) is 4.79 Å². The van der Waals surface area contributed by atoms with Crippen LogP contribution in [-0.4, -0.2) is 31.6 Å². The highest BCUT2D eigenvalue weighted by Gasteiger charge is 2.40.